The fourth-order valence-corrected chi connectivity index (χ4v) is 11.4. The van der Waals surface area contributed by atoms with Crippen molar-refractivity contribution >= 4 is 0 Å². The topological polar surface area (TPSA) is 67.8 Å². The van der Waals surface area contributed by atoms with E-state index < -0.39 is 0 Å². The molecule has 5 aliphatic heterocycles. The summed E-state index contributed by atoms with van der Waals surface area (Å²) in [6.07, 6.45) is 23.4. The minimum Gasteiger partial charge on any atom is -0.655 e. The van der Waals surface area contributed by atoms with Crippen LogP contribution in [-0.2, 0) is 43.2 Å². The summed E-state index contributed by atoms with van der Waals surface area (Å²) in [4.78, 5) is 0. The predicted molar refractivity (Wildman–Crippen MR) is 220 cm³/mol. The number of nitrogens with one attached hydrogen (secondary N) is 2. The number of hydrogen-bond donors (Lipinski definition) is 2. The third kappa shape index (κ3) is 7.61. The largest absolute Gasteiger partial charge is 3.00 e. The van der Waals surface area contributed by atoms with Gasteiger partial charge < -0.3 is 21.3 Å². The normalized spacial score (nSPS) is 33.1. The molecule has 0 aromatic carbocycles. The number of nitrogens with zero attached hydrogens (tertiary/aromatic N) is 6. The van der Waals surface area contributed by atoms with Crippen LogP contribution in [0.15, 0.2) is 122 Å². The molecule has 3 saturated heterocycles. The summed E-state index contributed by atoms with van der Waals surface area (Å²) >= 11 is 0. The summed E-state index contributed by atoms with van der Waals surface area (Å²) in [6, 6.07) is 28.6. The average Bonchev–Trinajstić information content (AvgIpc) is 4.10. The molecular formula is C48H62MnN8+5. The van der Waals surface area contributed by atoms with Crippen LogP contribution in [0.25, 0.3) is 10.6 Å². The van der Waals surface area contributed by atoms with Crippen molar-refractivity contribution in [3.63, 3.8) is 0 Å². The van der Waals surface area contributed by atoms with Crippen molar-refractivity contribution in [3.05, 3.63) is 155 Å². The zero-order valence-electron chi connectivity index (χ0n) is 34.2. The second-order valence-electron chi connectivity index (χ2n) is 16.7. The van der Waals surface area contributed by atoms with E-state index in [0.29, 0.717) is 0 Å². The molecule has 12 atom stereocenters. The van der Waals surface area contributed by atoms with Crippen LogP contribution in [0.2, 0.25) is 0 Å². The van der Waals surface area contributed by atoms with E-state index in [9.17, 15) is 0 Å². The Kier molecular flexibility index (Phi) is 12.5. The molecule has 5 aliphatic rings. The summed E-state index contributed by atoms with van der Waals surface area (Å²) < 4.78 is 9.85. The monoisotopic (exact) mass is 805 g/mol. The van der Waals surface area contributed by atoms with Crippen LogP contribution in [0.1, 0.15) is 99.8 Å². The predicted octanol–water partition coefficient (Wildman–Crippen LogP) is 5.96. The zero-order chi connectivity index (χ0) is 38.2. The molecule has 0 amide bonds. The molecule has 296 valence electrons. The summed E-state index contributed by atoms with van der Waals surface area (Å²) in [5.41, 5.74) is 5.53. The maximum Gasteiger partial charge on any atom is 3.00 e. The quantitative estimate of drug-likeness (QED) is 0.131. The Labute approximate surface area is 351 Å². The van der Waals surface area contributed by atoms with E-state index >= 15 is 0 Å². The fraction of sp³-hybridized carbons (Fsp3) is 0.500. The molecule has 4 aromatic rings. The van der Waals surface area contributed by atoms with Crippen LogP contribution in [0.4, 0.5) is 0 Å². The number of hydrogen-bond acceptors (Lipinski definition) is 2. The second-order valence-corrected chi connectivity index (χ2v) is 16.7. The van der Waals surface area contributed by atoms with Gasteiger partial charge in [-0.05, 0) is 27.7 Å². The minimum atomic E-state index is 0. The Morgan fingerprint density at radius 1 is 0.421 bits per heavy atom. The van der Waals surface area contributed by atoms with E-state index in [0.717, 1.165) is 51.9 Å². The van der Waals surface area contributed by atoms with Gasteiger partial charge in [0.2, 0.25) is 0 Å². The molecule has 57 heavy (non-hydrogen) atoms. The van der Waals surface area contributed by atoms with E-state index in [2.05, 4.69) is 178 Å². The fourth-order valence-electron chi connectivity index (χ4n) is 11.4. The van der Waals surface area contributed by atoms with Gasteiger partial charge in [-0.15, -0.1) is 24.2 Å². The SMILES string of the molecule is CC[n+]1ccccc1C1C2CCC([N-]2)C(c2cccc[n+]2CC)C2C=CC(N2)C(c2cccc[n+]2CC)C2CCC([N-]2)C(c2cccc[n+]2CC)C2C=CC1N2.[Mn+3]. The molecule has 9 heterocycles. The van der Waals surface area contributed by atoms with Gasteiger partial charge in [-0.2, -0.15) is 0 Å². The molecule has 0 saturated carbocycles. The number of aromatic nitrogens is 4. The summed E-state index contributed by atoms with van der Waals surface area (Å²) in [5, 5.41) is 20.5. The van der Waals surface area contributed by atoms with Crippen LogP contribution < -0.4 is 28.9 Å². The van der Waals surface area contributed by atoms with Crippen LogP contribution >= 0.6 is 0 Å². The molecule has 0 radical (unpaired) electrons. The van der Waals surface area contributed by atoms with Crippen molar-refractivity contribution < 1.29 is 35.3 Å². The van der Waals surface area contributed by atoms with Gasteiger partial charge in [-0.1, -0.05) is 74.3 Å². The standard InChI is InChI=1S/C48H62N8.Mn/c1-5-53-29-13-9-17-41(53)45-33-21-23-35(49-33)46(42-18-10-14-30-54(42)6-2)37-25-27-39(51-37)48(44-20-12-16-32-56(44)8-4)40-28-26-38(52-40)47(36-24-22-34(45)50-36)43-19-11-15-31-55(43)7-3;/h9-21,23,26,28-40,45-49,52H,5-8,22,24-25,27H2,1-4H3;/q+2;+3. The molecule has 2 N–H and O–H groups in total. The van der Waals surface area contributed by atoms with Gasteiger partial charge in [0.1, 0.15) is 26.2 Å². The third-order valence-corrected chi connectivity index (χ3v) is 13.9. The number of aryl methyl sites for hydroxylation is 4. The Hall–Kier alpha value is -3.56. The Bertz CT molecular complexity index is 1770. The Morgan fingerprint density at radius 2 is 0.667 bits per heavy atom. The molecule has 9 heteroatoms. The molecule has 12 unspecified atom stereocenters. The molecule has 9 rings (SSSR count). The van der Waals surface area contributed by atoms with Gasteiger partial charge >= 0.3 is 17.1 Å². The van der Waals surface area contributed by atoms with Crippen molar-refractivity contribution in [1.82, 2.24) is 10.6 Å². The molecule has 0 spiro atoms. The van der Waals surface area contributed by atoms with E-state index in [1.54, 1.807) is 0 Å². The van der Waals surface area contributed by atoms with Gasteiger partial charge in [0.25, 0.3) is 0 Å². The number of fused-ring (bicyclic) bond motifs is 8. The van der Waals surface area contributed by atoms with Crippen LogP contribution in [-0.4, -0.2) is 48.3 Å². The van der Waals surface area contributed by atoms with Gasteiger partial charge in [-0.25, -0.2) is 18.3 Å². The summed E-state index contributed by atoms with van der Waals surface area (Å²) in [6.45, 7) is 12.9. The maximum absolute atomic E-state index is 5.97. The first-order valence-electron chi connectivity index (χ1n) is 21.8. The molecule has 8 nitrogen and oxygen atoms in total. The van der Waals surface area contributed by atoms with Crippen LogP contribution in [0.3, 0.4) is 0 Å². The van der Waals surface area contributed by atoms with Gasteiger partial charge in [0, 0.05) is 96.4 Å². The molecular weight excluding hydrogens is 744 g/mol. The van der Waals surface area contributed by atoms with Crippen molar-refractivity contribution in [2.24, 2.45) is 0 Å². The molecule has 4 aromatic heterocycles. The van der Waals surface area contributed by atoms with Gasteiger partial charge in [-0.3, -0.25) is 0 Å². The zero-order valence-corrected chi connectivity index (χ0v) is 35.4. The first kappa shape index (κ1) is 40.2. The minimum absolute atomic E-state index is 0. The Balaban J connectivity index is 0.00000455. The number of rotatable bonds is 8. The average molecular weight is 806 g/mol. The van der Waals surface area contributed by atoms with Crippen molar-refractivity contribution in [2.45, 2.75) is 152 Å². The van der Waals surface area contributed by atoms with Crippen molar-refractivity contribution in [3.8, 4) is 0 Å². The Morgan fingerprint density at radius 3 is 0.895 bits per heavy atom. The van der Waals surface area contributed by atoms with Crippen LogP contribution in [0.5, 0.6) is 0 Å². The van der Waals surface area contributed by atoms with E-state index in [1.165, 1.54) is 22.8 Å². The van der Waals surface area contributed by atoms with Crippen molar-refractivity contribution in [2.75, 3.05) is 0 Å². The third-order valence-electron chi connectivity index (χ3n) is 13.9. The molecule has 8 bridgehead atoms. The maximum atomic E-state index is 5.97. The van der Waals surface area contributed by atoms with Crippen molar-refractivity contribution in [1.29, 1.82) is 0 Å². The van der Waals surface area contributed by atoms with Crippen LogP contribution in [0, 0.1) is 0 Å². The molecule has 3 fully saturated rings. The summed E-state index contributed by atoms with van der Waals surface area (Å²) in [7, 11) is 0. The van der Waals surface area contributed by atoms with E-state index in [1.807, 2.05) is 0 Å². The first-order valence-corrected chi connectivity index (χ1v) is 21.8. The second kappa shape index (κ2) is 17.7. The van der Waals surface area contributed by atoms with Gasteiger partial charge in [0.15, 0.2) is 47.6 Å². The van der Waals surface area contributed by atoms with E-state index in [4.69, 9.17) is 10.6 Å². The molecule has 0 aliphatic carbocycles. The number of pyridine rings is 4. The van der Waals surface area contributed by atoms with E-state index in [-0.39, 0.29) is 89.1 Å². The summed E-state index contributed by atoms with van der Waals surface area (Å²) in [5.74, 6) is 0.888. The first-order chi connectivity index (χ1) is 27.6. The van der Waals surface area contributed by atoms with Gasteiger partial charge in [0.05, 0.1) is 0 Å². The smallest absolute Gasteiger partial charge is 0.655 e.